The third-order valence-electron chi connectivity index (χ3n) is 4.88. The van der Waals surface area contributed by atoms with Crippen LogP contribution >= 0.6 is 11.8 Å². The van der Waals surface area contributed by atoms with Gasteiger partial charge in [0.2, 0.25) is 5.71 Å². The number of thioether (sulfide) groups is 1. The lowest BCUT2D eigenvalue weighted by atomic mass is 10.0. The number of ether oxygens (including phenoxy) is 1. The van der Waals surface area contributed by atoms with Crippen LogP contribution < -0.4 is 10.1 Å². The minimum atomic E-state index is -0.209. The Kier molecular flexibility index (Phi) is 5.72. The Morgan fingerprint density at radius 2 is 2.10 bits per heavy atom. The molecule has 1 aliphatic carbocycles. The van der Waals surface area contributed by atoms with Gasteiger partial charge in [-0.25, -0.2) is 4.79 Å². The van der Waals surface area contributed by atoms with Crippen LogP contribution in [0.15, 0.2) is 75.8 Å². The molecule has 2 aromatic rings. The summed E-state index contributed by atoms with van der Waals surface area (Å²) >= 11 is 1.48. The van der Waals surface area contributed by atoms with Gasteiger partial charge >= 0.3 is 5.91 Å². The Morgan fingerprint density at radius 3 is 2.80 bits per heavy atom. The van der Waals surface area contributed by atoms with Gasteiger partial charge in [-0.2, -0.15) is 4.58 Å². The molecule has 1 atom stereocenters. The Hall–Kier alpha value is -3.32. The number of nitrogens with one attached hydrogen (secondary N) is 1. The minimum Gasteiger partial charge on any atom is -0.497 e. The fourth-order valence-corrected chi connectivity index (χ4v) is 4.43. The number of carbonyl (C=O) groups excluding carboxylic acids is 2. The summed E-state index contributed by atoms with van der Waals surface area (Å²) in [5.74, 6) is 1.15. The summed E-state index contributed by atoms with van der Waals surface area (Å²) in [4.78, 5) is 26.0. The summed E-state index contributed by atoms with van der Waals surface area (Å²) in [6.45, 7) is 0.314. The standard InChI is InChI=1S/C23H20N2O4S/c1-25-19-13-16(22(26)24-14-18-4-3-11-29-18)7-10-20(19)30-21(23(25)27)12-15-5-8-17(28-2)9-6-15/h3-13,20H,14H2,1-2H3/p+1/b21-12-. The second-order valence-electron chi connectivity index (χ2n) is 6.83. The van der Waals surface area contributed by atoms with Crippen molar-refractivity contribution in [2.24, 2.45) is 0 Å². The number of likely N-dealkylation sites (N-methyl/N-ethyl adjacent to an activating group) is 1. The van der Waals surface area contributed by atoms with Crippen LogP contribution in [0.1, 0.15) is 11.3 Å². The van der Waals surface area contributed by atoms with Crippen LogP contribution in [0.4, 0.5) is 0 Å². The molecular formula is C23H21N2O4S+. The van der Waals surface area contributed by atoms with Crippen LogP contribution in [0.2, 0.25) is 0 Å². The molecule has 7 heteroatoms. The minimum absolute atomic E-state index is 0.0289. The van der Waals surface area contributed by atoms with Crippen LogP contribution in [0.5, 0.6) is 5.75 Å². The quantitative estimate of drug-likeness (QED) is 0.593. The number of hydrogen-bond acceptors (Lipinski definition) is 5. The molecule has 0 saturated carbocycles. The number of fused-ring (bicyclic) bond motifs is 1. The van der Waals surface area contributed by atoms with Gasteiger partial charge in [-0.15, -0.1) is 0 Å². The van der Waals surface area contributed by atoms with E-state index in [-0.39, 0.29) is 17.1 Å². The molecule has 0 saturated heterocycles. The molecule has 1 unspecified atom stereocenters. The average Bonchev–Trinajstić information content (AvgIpc) is 3.29. The molecule has 2 heterocycles. The zero-order chi connectivity index (χ0) is 21.1. The highest BCUT2D eigenvalue weighted by Gasteiger charge is 2.37. The Morgan fingerprint density at radius 1 is 1.30 bits per heavy atom. The molecule has 0 bridgehead atoms. The van der Waals surface area contributed by atoms with Crippen LogP contribution in [-0.4, -0.2) is 41.5 Å². The largest absolute Gasteiger partial charge is 0.497 e. The number of amides is 2. The Bertz CT molecular complexity index is 1090. The van der Waals surface area contributed by atoms with E-state index in [9.17, 15) is 9.59 Å². The van der Waals surface area contributed by atoms with E-state index in [0.29, 0.717) is 22.8 Å². The zero-order valence-electron chi connectivity index (χ0n) is 16.6. The smallest absolute Gasteiger partial charge is 0.425 e. The van der Waals surface area contributed by atoms with Crippen molar-refractivity contribution < 1.29 is 23.3 Å². The number of benzene rings is 1. The molecule has 6 nitrogen and oxygen atoms in total. The topological polar surface area (TPSA) is 71.5 Å². The fraction of sp³-hybridized carbons (Fsp3) is 0.174. The first-order chi connectivity index (χ1) is 14.5. The van der Waals surface area contributed by atoms with Crippen molar-refractivity contribution in [1.29, 1.82) is 0 Å². The maximum atomic E-state index is 12.9. The Labute approximate surface area is 178 Å². The maximum Gasteiger partial charge on any atom is 0.425 e. The molecule has 2 aliphatic rings. The lowest BCUT2D eigenvalue weighted by molar-refractivity contribution is -0.413. The van der Waals surface area contributed by atoms with Crippen molar-refractivity contribution in [3.8, 4) is 5.75 Å². The lowest BCUT2D eigenvalue weighted by Crippen LogP contribution is -2.37. The summed E-state index contributed by atoms with van der Waals surface area (Å²) in [6, 6.07) is 11.1. The summed E-state index contributed by atoms with van der Waals surface area (Å²) in [6.07, 6.45) is 8.97. The van der Waals surface area contributed by atoms with Gasteiger partial charge < -0.3 is 14.5 Å². The molecule has 1 aromatic carbocycles. The number of furan rings is 1. The average molecular weight is 421 g/mol. The van der Waals surface area contributed by atoms with Crippen molar-refractivity contribution in [2.75, 3.05) is 14.2 Å². The van der Waals surface area contributed by atoms with Crippen LogP contribution in [0, 0.1) is 0 Å². The van der Waals surface area contributed by atoms with Gasteiger partial charge in [0.05, 0.1) is 19.9 Å². The molecule has 30 heavy (non-hydrogen) atoms. The summed E-state index contributed by atoms with van der Waals surface area (Å²) in [7, 11) is 3.36. The number of rotatable bonds is 5. The van der Waals surface area contributed by atoms with E-state index in [0.717, 1.165) is 17.0 Å². The van der Waals surface area contributed by atoms with Crippen LogP contribution in [-0.2, 0) is 16.1 Å². The van der Waals surface area contributed by atoms with Crippen molar-refractivity contribution >= 4 is 35.4 Å². The van der Waals surface area contributed by atoms with Gasteiger partial charge in [0.25, 0.3) is 5.91 Å². The summed E-state index contributed by atoms with van der Waals surface area (Å²) < 4.78 is 12.0. The molecule has 0 radical (unpaired) electrons. The van der Waals surface area contributed by atoms with Crippen LogP contribution in [0.25, 0.3) is 6.08 Å². The fourth-order valence-electron chi connectivity index (χ4n) is 3.21. The van der Waals surface area contributed by atoms with Crippen molar-refractivity contribution in [3.63, 3.8) is 0 Å². The van der Waals surface area contributed by atoms with E-state index in [2.05, 4.69) is 5.32 Å². The molecule has 4 rings (SSSR count). The number of allylic oxidation sites excluding steroid dienone is 1. The molecule has 1 N–H and O–H groups in total. The second-order valence-corrected chi connectivity index (χ2v) is 8.01. The molecule has 1 aliphatic heterocycles. The number of methoxy groups -OCH3 is 1. The van der Waals surface area contributed by atoms with Gasteiger partial charge in [-0.1, -0.05) is 36.0 Å². The van der Waals surface area contributed by atoms with Gasteiger partial charge in [-0.05, 0) is 35.9 Å². The monoisotopic (exact) mass is 421 g/mol. The highest BCUT2D eigenvalue weighted by atomic mass is 32.2. The molecular weight excluding hydrogens is 400 g/mol. The highest BCUT2D eigenvalue weighted by Crippen LogP contribution is 2.33. The number of hydrogen-bond donors (Lipinski definition) is 1. The SMILES string of the molecule is COc1ccc(/C=C2\SC3C=CC(C(=O)NCc4ccco4)=CC3=[N+](C)C2=O)cc1. The van der Waals surface area contributed by atoms with E-state index in [4.69, 9.17) is 9.15 Å². The first-order valence-electron chi connectivity index (χ1n) is 9.43. The first kappa shape index (κ1) is 20.0. The van der Waals surface area contributed by atoms with E-state index >= 15 is 0 Å². The molecule has 152 valence electrons. The third kappa shape index (κ3) is 4.16. The van der Waals surface area contributed by atoms with Gasteiger partial charge in [0.1, 0.15) is 28.7 Å². The van der Waals surface area contributed by atoms with Gasteiger partial charge in [0.15, 0.2) is 0 Å². The zero-order valence-corrected chi connectivity index (χ0v) is 17.4. The highest BCUT2D eigenvalue weighted by molar-refractivity contribution is 8.05. The Balaban J connectivity index is 1.53. The van der Waals surface area contributed by atoms with Crippen molar-refractivity contribution in [1.82, 2.24) is 5.32 Å². The van der Waals surface area contributed by atoms with Crippen LogP contribution in [0.3, 0.4) is 0 Å². The predicted octanol–water partition coefficient (Wildman–Crippen LogP) is 3.17. The number of nitrogens with zero attached hydrogens (tertiary/aromatic N) is 1. The summed E-state index contributed by atoms with van der Waals surface area (Å²) in [5, 5.41) is 2.80. The lowest BCUT2D eigenvalue weighted by Gasteiger charge is -2.21. The van der Waals surface area contributed by atoms with Gasteiger partial charge in [-0.3, -0.25) is 4.79 Å². The third-order valence-corrected chi connectivity index (χ3v) is 6.08. The van der Waals surface area contributed by atoms with Gasteiger partial charge in [0, 0.05) is 11.6 Å². The van der Waals surface area contributed by atoms with Crippen molar-refractivity contribution in [2.45, 2.75) is 11.8 Å². The normalized spacial score (nSPS) is 19.5. The molecule has 0 spiro atoms. The second kappa shape index (κ2) is 8.59. The summed E-state index contributed by atoms with van der Waals surface area (Å²) in [5.41, 5.74) is 2.23. The molecule has 2 amide bonds. The van der Waals surface area contributed by atoms with E-state index in [1.165, 1.54) is 11.8 Å². The number of carbonyl (C=O) groups is 2. The first-order valence-corrected chi connectivity index (χ1v) is 10.3. The van der Waals surface area contributed by atoms with Crippen molar-refractivity contribution in [3.05, 3.63) is 82.7 Å². The van der Waals surface area contributed by atoms with E-state index in [1.807, 2.05) is 36.4 Å². The molecule has 0 fully saturated rings. The maximum absolute atomic E-state index is 12.9. The van der Waals surface area contributed by atoms with E-state index in [1.54, 1.807) is 49.3 Å². The van der Waals surface area contributed by atoms with E-state index < -0.39 is 0 Å². The predicted molar refractivity (Wildman–Crippen MR) is 116 cm³/mol. The molecule has 1 aromatic heterocycles.